The minimum Gasteiger partial charge on any atom is -0.493 e. The third-order valence-corrected chi connectivity index (χ3v) is 10.4. The topological polar surface area (TPSA) is 25.3 Å². The first-order valence-electron chi connectivity index (χ1n) is 20.8. The molecule has 3 rings (SSSR count). The molecule has 0 spiro atoms. The van der Waals surface area contributed by atoms with Crippen LogP contribution in [0.2, 0.25) is 0 Å². The number of hydrogen-bond donors (Lipinski definition) is 0. The van der Waals surface area contributed by atoms with Crippen molar-refractivity contribution in [1.29, 1.82) is 0 Å². The summed E-state index contributed by atoms with van der Waals surface area (Å²) in [5, 5.41) is 0. The van der Waals surface area contributed by atoms with Crippen molar-refractivity contribution in [2.75, 3.05) is 0 Å². The Morgan fingerprint density at radius 2 is 0.837 bits per heavy atom. The van der Waals surface area contributed by atoms with Gasteiger partial charge in [0.15, 0.2) is 0 Å². The number of nitrogens with zero attached hydrogens (tertiary/aromatic N) is 2. The quantitative estimate of drug-likeness (QED) is 0.0706. The zero-order valence-electron chi connectivity index (χ0n) is 32.8. The van der Waals surface area contributed by atoms with Gasteiger partial charge in [0.05, 0.1) is 5.57 Å². The van der Waals surface area contributed by atoms with Crippen molar-refractivity contribution < 1.29 is 4.70 Å². The highest BCUT2D eigenvalue weighted by Crippen LogP contribution is 2.42. The number of benzene rings is 2. The summed E-state index contributed by atoms with van der Waals surface area (Å²) in [5.74, 6) is 0. The van der Waals surface area contributed by atoms with Crippen LogP contribution in [-0.4, -0.2) is 4.70 Å². The molecule has 2 aromatic carbocycles. The molecule has 0 saturated carbocycles. The second kappa shape index (κ2) is 23.6. The zero-order valence-corrected chi connectivity index (χ0v) is 32.8. The molecule has 1 aliphatic heterocycles. The summed E-state index contributed by atoms with van der Waals surface area (Å²) in [4.78, 5) is 0. The van der Waals surface area contributed by atoms with Gasteiger partial charge in [0, 0.05) is 16.7 Å². The molecule has 1 heterocycles. The minimum absolute atomic E-state index is 0.956. The SMILES string of the molecule is CCCCCCCCCCCCC=CC1=C(c2cc(CCCC)cc(CCCC)c2)[N+](=[N-])C(c2cc(CCCC)cc(CCCC)c2)=C1C. The lowest BCUT2D eigenvalue weighted by Gasteiger charge is -2.14. The first-order valence-corrected chi connectivity index (χ1v) is 20.8. The fourth-order valence-electron chi connectivity index (χ4n) is 7.36. The third-order valence-electron chi connectivity index (χ3n) is 10.4. The molecule has 2 aromatic rings. The molecule has 0 aromatic heterocycles. The van der Waals surface area contributed by atoms with Crippen LogP contribution in [-0.2, 0) is 25.7 Å². The van der Waals surface area contributed by atoms with E-state index in [4.69, 9.17) is 0 Å². The lowest BCUT2D eigenvalue weighted by atomic mass is 9.94. The van der Waals surface area contributed by atoms with E-state index in [9.17, 15) is 5.53 Å². The Kier molecular flexibility index (Phi) is 19.6. The lowest BCUT2D eigenvalue weighted by molar-refractivity contribution is -0.345. The maximum atomic E-state index is 12.2. The number of aryl methyl sites for hydroxylation is 4. The summed E-state index contributed by atoms with van der Waals surface area (Å²) in [5.41, 5.74) is 24.4. The van der Waals surface area contributed by atoms with E-state index in [1.807, 2.05) is 0 Å². The highest BCUT2D eigenvalue weighted by molar-refractivity contribution is 5.84. The summed E-state index contributed by atoms with van der Waals surface area (Å²) in [6.45, 7) is 13.6. The van der Waals surface area contributed by atoms with Crippen molar-refractivity contribution in [3.8, 4) is 0 Å². The van der Waals surface area contributed by atoms with Crippen LogP contribution in [0, 0.1) is 0 Å². The molecule has 270 valence electrons. The summed E-state index contributed by atoms with van der Waals surface area (Å²) in [6, 6.07) is 14.3. The lowest BCUT2D eigenvalue weighted by Crippen LogP contribution is -2.05. The molecule has 49 heavy (non-hydrogen) atoms. The molecule has 0 N–H and O–H groups in total. The van der Waals surface area contributed by atoms with Crippen LogP contribution in [0.5, 0.6) is 0 Å². The zero-order chi connectivity index (χ0) is 35.3. The second-order valence-electron chi connectivity index (χ2n) is 14.9. The van der Waals surface area contributed by atoms with Crippen molar-refractivity contribution in [1.82, 2.24) is 0 Å². The predicted molar refractivity (Wildman–Crippen MR) is 216 cm³/mol. The van der Waals surface area contributed by atoms with Crippen molar-refractivity contribution in [2.45, 2.75) is 189 Å². The number of unbranched alkanes of at least 4 members (excludes halogenated alkanes) is 14. The van der Waals surface area contributed by atoms with Gasteiger partial charge in [0.25, 0.3) is 0 Å². The van der Waals surface area contributed by atoms with Gasteiger partial charge in [-0.25, -0.2) is 4.70 Å². The van der Waals surface area contributed by atoms with E-state index in [1.54, 1.807) is 4.70 Å². The highest BCUT2D eigenvalue weighted by Gasteiger charge is 2.33. The molecule has 0 atom stereocenters. The first kappa shape index (κ1) is 40.7. The van der Waals surface area contributed by atoms with Crippen LogP contribution in [0.25, 0.3) is 16.9 Å². The summed E-state index contributed by atoms with van der Waals surface area (Å²) in [6.07, 6.45) is 33.3. The average molecular weight is 665 g/mol. The van der Waals surface area contributed by atoms with E-state index in [0.717, 1.165) is 54.6 Å². The molecule has 0 amide bonds. The van der Waals surface area contributed by atoms with Gasteiger partial charge in [-0.15, -0.1) is 0 Å². The van der Waals surface area contributed by atoms with Gasteiger partial charge in [-0.3, -0.25) is 0 Å². The molecule has 0 bridgehead atoms. The fourth-order valence-corrected chi connectivity index (χ4v) is 7.36. The fraction of sp³-hybridized carbons (Fsp3) is 0.617. The molecule has 0 fully saturated rings. The smallest absolute Gasteiger partial charge is 0.215 e. The second-order valence-corrected chi connectivity index (χ2v) is 14.9. The van der Waals surface area contributed by atoms with E-state index < -0.39 is 0 Å². The van der Waals surface area contributed by atoms with E-state index in [-0.39, 0.29) is 0 Å². The van der Waals surface area contributed by atoms with Crippen molar-refractivity contribution >= 4 is 11.4 Å². The maximum absolute atomic E-state index is 12.2. The Bertz CT molecular complexity index is 1320. The first-order chi connectivity index (χ1) is 24.0. The van der Waals surface area contributed by atoms with Crippen LogP contribution in [0.3, 0.4) is 0 Å². The number of allylic oxidation sites excluding steroid dienone is 4. The van der Waals surface area contributed by atoms with Crippen molar-refractivity contribution in [3.63, 3.8) is 0 Å². The van der Waals surface area contributed by atoms with Gasteiger partial charge in [-0.1, -0.05) is 142 Å². The van der Waals surface area contributed by atoms with Crippen molar-refractivity contribution in [3.05, 3.63) is 98.6 Å². The Balaban J connectivity index is 1.93. The molecule has 0 saturated heterocycles. The Labute approximate surface area is 303 Å². The standard InChI is InChI=1S/C47H72N2/c1-7-12-17-18-19-20-21-22-23-24-25-26-31-45-38(6)46(43-34-39(27-13-8-2)32-40(35-43)28-14-9-3)49(48)47(45)44-36-41(29-15-10-4)33-42(37-44)30-16-11-5/h26,31-37H,7-25,27-30H2,1-6H3. The molecule has 0 aliphatic carbocycles. The van der Waals surface area contributed by atoms with E-state index >= 15 is 0 Å². The monoisotopic (exact) mass is 665 g/mol. The maximum Gasteiger partial charge on any atom is 0.215 e. The normalized spacial score (nSPS) is 13.6. The predicted octanol–water partition coefficient (Wildman–Crippen LogP) is 15.1. The molecular formula is C47H72N2. The largest absolute Gasteiger partial charge is 0.493 e. The summed E-state index contributed by atoms with van der Waals surface area (Å²) >= 11 is 0. The Morgan fingerprint density at radius 1 is 0.469 bits per heavy atom. The highest BCUT2D eigenvalue weighted by atomic mass is 15.2. The van der Waals surface area contributed by atoms with E-state index in [2.05, 4.69) is 90.1 Å². The third kappa shape index (κ3) is 13.5. The van der Waals surface area contributed by atoms with Gasteiger partial charge in [0.2, 0.25) is 11.4 Å². The number of rotatable bonds is 26. The Hall–Kier alpha value is -2.74. The average Bonchev–Trinajstić information content (AvgIpc) is 3.36. The molecule has 0 unspecified atom stereocenters. The molecule has 1 aliphatic rings. The van der Waals surface area contributed by atoms with Crippen LogP contribution >= 0.6 is 0 Å². The van der Waals surface area contributed by atoms with E-state index in [1.165, 1.54) is 149 Å². The minimum atomic E-state index is 0.956. The van der Waals surface area contributed by atoms with Crippen molar-refractivity contribution in [2.24, 2.45) is 0 Å². The van der Waals surface area contributed by atoms with E-state index in [0.29, 0.717) is 0 Å². The van der Waals surface area contributed by atoms with Crippen LogP contribution in [0.15, 0.2) is 59.7 Å². The van der Waals surface area contributed by atoms with Crippen LogP contribution < -0.4 is 0 Å². The molecule has 2 heteroatoms. The van der Waals surface area contributed by atoms with Gasteiger partial charge in [-0.05, 0) is 118 Å². The van der Waals surface area contributed by atoms with Crippen LogP contribution in [0.1, 0.15) is 197 Å². The molecular weight excluding hydrogens is 593 g/mol. The van der Waals surface area contributed by atoms with Gasteiger partial charge >= 0.3 is 0 Å². The number of hydrogen-bond acceptors (Lipinski definition) is 0. The molecule has 0 radical (unpaired) electrons. The van der Waals surface area contributed by atoms with Gasteiger partial charge in [-0.2, -0.15) is 0 Å². The van der Waals surface area contributed by atoms with Gasteiger partial charge < -0.3 is 5.53 Å². The molecule has 2 nitrogen and oxygen atoms in total. The Morgan fingerprint density at radius 3 is 1.24 bits per heavy atom. The van der Waals surface area contributed by atoms with Gasteiger partial charge in [0.1, 0.15) is 0 Å². The summed E-state index contributed by atoms with van der Waals surface area (Å²) < 4.78 is 1.56. The van der Waals surface area contributed by atoms with Crippen LogP contribution in [0.4, 0.5) is 0 Å². The summed E-state index contributed by atoms with van der Waals surface area (Å²) in [7, 11) is 0.